The Balaban J connectivity index is 1.93. The molecule has 2 N–H and O–H groups in total. The molecule has 1 heterocycles. The van der Waals surface area contributed by atoms with Crippen molar-refractivity contribution >= 4 is 5.91 Å². The molecule has 0 aromatic carbocycles. The molecular formula is C11H18N4O. The Morgan fingerprint density at radius 1 is 1.62 bits per heavy atom. The van der Waals surface area contributed by atoms with Gasteiger partial charge in [-0.3, -0.25) is 9.89 Å². The van der Waals surface area contributed by atoms with Gasteiger partial charge < -0.3 is 5.32 Å². The topological polar surface area (TPSA) is 70.7 Å². The van der Waals surface area contributed by atoms with Crippen molar-refractivity contribution in [3.8, 4) is 0 Å². The summed E-state index contributed by atoms with van der Waals surface area (Å²) in [6, 6.07) is 0.332. The van der Waals surface area contributed by atoms with Crippen LogP contribution in [0.1, 0.15) is 56.0 Å². The summed E-state index contributed by atoms with van der Waals surface area (Å²) in [4.78, 5) is 15.9. The molecule has 0 saturated heterocycles. The number of nitrogens with one attached hydrogen (secondary N) is 2. The van der Waals surface area contributed by atoms with Crippen LogP contribution < -0.4 is 5.32 Å². The first-order valence-corrected chi connectivity index (χ1v) is 5.85. The Morgan fingerprint density at radius 3 is 2.88 bits per heavy atom. The van der Waals surface area contributed by atoms with Crippen LogP contribution in [0, 0.1) is 5.92 Å². The van der Waals surface area contributed by atoms with E-state index in [2.05, 4.69) is 27.4 Å². The third kappa shape index (κ3) is 2.23. The van der Waals surface area contributed by atoms with Gasteiger partial charge >= 0.3 is 0 Å². The first-order valence-electron chi connectivity index (χ1n) is 5.85. The summed E-state index contributed by atoms with van der Waals surface area (Å²) in [5, 5.41) is 9.64. The molecule has 16 heavy (non-hydrogen) atoms. The second-order valence-corrected chi connectivity index (χ2v) is 4.68. The summed E-state index contributed by atoms with van der Waals surface area (Å²) in [6.07, 6.45) is 2.21. The van der Waals surface area contributed by atoms with E-state index in [0.29, 0.717) is 12.0 Å². The van der Waals surface area contributed by atoms with Crippen molar-refractivity contribution in [2.24, 2.45) is 5.92 Å². The first kappa shape index (κ1) is 11.1. The lowest BCUT2D eigenvalue weighted by molar-refractivity contribution is 0.0939. The zero-order chi connectivity index (χ0) is 11.7. The fourth-order valence-electron chi connectivity index (χ4n) is 1.74. The second kappa shape index (κ2) is 4.23. The average molecular weight is 222 g/mol. The Kier molecular flexibility index (Phi) is 2.94. The molecule has 1 aromatic rings. The molecule has 0 radical (unpaired) electrons. The summed E-state index contributed by atoms with van der Waals surface area (Å²) in [7, 11) is 0. The van der Waals surface area contributed by atoms with Gasteiger partial charge in [0.05, 0.1) is 0 Å². The number of nitrogens with zero attached hydrogens (tertiary/aromatic N) is 2. The Labute approximate surface area is 95.0 Å². The molecule has 0 aliphatic heterocycles. The maximum Gasteiger partial charge on any atom is 0.291 e. The molecule has 88 valence electrons. The van der Waals surface area contributed by atoms with Crippen molar-refractivity contribution in [2.75, 3.05) is 0 Å². The lowest BCUT2D eigenvalue weighted by atomic mass is 10.2. The van der Waals surface area contributed by atoms with Gasteiger partial charge in [-0.25, -0.2) is 4.98 Å². The van der Waals surface area contributed by atoms with Crippen molar-refractivity contribution in [3.05, 3.63) is 11.6 Å². The van der Waals surface area contributed by atoms with Gasteiger partial charge in [0.1, 0.15) is 5.82 Å². The van der Waals surface area contributed by atoms with Crippen LogP contribution in [0.3, 0.4) is 0 Å². The Hall–Kier alpha value is -1.39. The number of amides is 1. The number of hydrogen-bond acceptors (Lipinski definition) is 3. The average Bonchev–Trinajstić information content (AvgIpc) is 2.80. The monoisotopic (exact) mass is 222 g/mol. The standard InChI is InChI=1S/C11H18N4O/c1-4-7-5-8(7)12-11(16)10-13-9(6(2)3)14-15-10/h6-8H,4-5H2,1-3H3,(H,12,16)(H,13,14,15). The lowest BCUT2D eigenvalue weighted by Crippen LogP contribution is -2.27. The van der Waals surface area contributed by atoms with Crippen molar-refractivity contribution in [1.29, 1.82) is 0 Å². The summed E-state index contributed by atoms with van der Waals surface area (Å²) in [6.45, 7) is 6.16. The number of rotatable bonds is 4. The van der Waals surface area contributed by atoms with Gasteiger partial charge in [0.15, 0.2) is 0 Å². The van der Waals surface area contributed by atoms with Crippen LogP contribution in [0.25, 0.3) is 0 Å². The van der Waals surface area contributed by atoms with E-state index >= 15 is 0 Å². The molecule has 1 aliphatic rings. The van der Waals surface area contributed by atoms with E-state index in [0.717, 1.165) is 18.7 Å². The minimum Gasteiger partial charge on any atom is -0.346 e. The predicted octanol–water partition coefficient (Wildman–Crippen LogP) is 1.46. The number of carbonyl (C=O) groups is 1. The largest absolute Gasteiger partial charge is 0.346 e. The SMILES string of the molecule is CCC1CC1NC(=O)c1n[nH]c(C(C)C)n1. The van der Waals surface area contributed by atoms with Gasteiger partial charge in [-0.1, -0.05) is 27.2 Å². The highest BCUT2D eigenvalue weighted by molar-refractivity contribution is 5.90. The van der Waals surface area contributed by atoms with E-state index in [9.17, 15) is 4.79 Å². The fraction of sp³-hybridized carbons (Fsp3) is 0.727. The minimum absolute atomic E-state index is 0.163. The molecule has 1 amide bonds. The summed E-state index contributed by atoms with van der Waals surface area (Å²) < 4.78 is 0. The second-order valence-electron chi connectivity index (χ2n) is 4.68. The van der Waals surface area contributed by atoms with Crippen molar-refractivity contribution in [3.63, 3.8) is 0 Å². The lowest BCUT2D eigenvalue weighted by Gasteiger charge is -1.99. The summed E-state index contributed by atoms with van der Waals surface area (Å²) in [5.41, 5.74) is 0. The molecule has 2 unspecified atom stereocenters. The van der Waals surface area contributed by atoms with Crippen LogP contribution in [-0.2, 0) is 0 Å². The molecule has 0 spiro atoms. The molecule has 5 nitrogen and oxygen atoms in total. The molecule has 2 atom stereocenters. The van der Waals surface area contributed by atoms with Gasteiger partial charge in [0.2, 0.25) is 5.82 Å². The van der Waals surface area contributed by atoms with E-state index < -0.39 is 0 Å². The van der Waals surface area contributed by atoms with Gasteiger partial charge in [-0.15, -0.1) is 5.10 Å². The van der Waals surface area contributed by atoms with E-state index in [4.69, 9.17) is 0 Å². The van der Waals surface area contributed by atoms with Crippen molar-refractivity contribution in [2.45, 2.75) is 45.6 Å². The van der Waals surface area contributed by atoms with E-state index in [1.165, 1.54) is 0 Å². The highest BCUT2D eigenvalue weighted by Gasteiger charge is 2.37. The number of aromatic amines is 1. The zero-order valence-electron chi connectivity index (χ0n) is 9.95. The van der Waals surface area contributed by atoms with Gasteiger partial charge in [0.25, 0.3) is 5.91 Å². The van der Waals surface area contributed by atoms with Gasteiger partial charge in [-0.2, -0.15) is 0 Å². The van der Waals surface area contributed by atoms with Crippen LogP contribution in [0.4, 0.5) is 0 Å². The Morgan fingerprint density at radius 2 is 2.38 bits per heavy atom. The van der Waals surface area contributed by atoms with Crippen molar-refractivity contribution < 1.29 is 4.79 Å². The normalized spacial score (nSPS) is 23.5. The van der Waals surface area contributed by atoms with Crippen LogP contribution in [0.5, 0.6) is 0 Å². The first-order chi connectivity index (χ1) is 7.61. The highest BCUT2D eigenvalue weighted by Crippen LogP contribution is 2.33. The van der Waals surface area contributed by atoms with E-state index in [1.807, 2.05) is 13.8 Å². The number of hydrogen-bond donors (Lipinski definition) is 2. The fourth-order valence-corrected chi connectivity index (χ4v) is 1.74. The third-order valence-corrected chi connectivity index (χ3v) is 3.02. The summed E-state index contributed by atoms with van der Waals surface area (Å²) >= 11 is 0. The Bertz CT molecular complexity index is 385. The van der Waals surface area contributed by atoms with Crippen molar-refractivity contribution in [1.82, 2.24) is 20.5 Å². The van der Waals surface area contributed by atoms with Crippen LogP contribution >= 0.6 is 0 Å². The van der Waals surface area contributed by atoms with Gasteiger partial charge in [-0.05, 0) is 12.3 Å². The molecular weight excluding hydrogens is 204 g/mol. The maximum absolute atomic E-state index is 11.7. The molecule has 1 aromatic heterocycles. The van der Waals surface area contributed by atoms with Crippen LogP contribution in [0.2, 0.25) is 0 Å². The molecule has 1 saturated carbocycles. The minimum atomic E-state index is -0.163. The third-order valence-electron chi connectivity index (χ3n) is 3.02. The van der Waals surface area contributed by atoms with E-state index in [1.54, 1.807) is 0 Å². The predicted molar refractivity (Wildman–Crippen MR) is 60.1 cm³/mol. The number of H-pyrrole nitrogens is 1. The maximum atomic E-state index is 11.7. The van der Waals surface area contributed by atoms with Crippen LogP contribution in [0.15, 0.2) is 0 Å². The molecule has 1 fully saturated rings. The number of aromatic nitrogens is 3. The smallest absolute Gasteiger partial charge is 0.291 e. The molecule has 0 bridgehead atoms. The zero-order valence-corrected chi connectivity index (χ0v) is 9.95. The molecule has 5 heteroatoms. The van der Waals surface area contributed by atoms with Gasteiger partial charge in [0, 0.05) is 12.0 Å². The van der Waals surface area contributed by atoms with Crippen LogP contribution in [-0.4, -0.2) is 27.1 Å². The molecule has 2 rings (SSSR count). The molecule has 1 aliphatic carbocycles. The highest BCUT2D eigenvalue weighted by atomic mass is 16.2. The quantitative estimate of drug-likeness (QED) is 0.810. The van der Waals surface area contributed by atoms with E-state index in [-0.39, 0.29) is 17.6 Å². The summed E-state index contributed by atoms with van der Waals surface area (Å²) in [5.74, 6) is 1.76. The number of carbonyl (C=O) groups excluding carboxylic acids is 1.